The number of nitrogens with one attached hydrogen (secondary N) is 3. The molecule has 2 aromatic rings. The van der Waals surface area contributed by atoms with Crippen LogP contribution in [-0.2, 0) is 14.3 Å². The number of morpholine rings is 1. The Hall–Kier alpha value is -3.11. The van der Waals surface area contributed by atoms with Gasteiger partial charge in [0.05, 0.1) is 37.5 Å². The molecule has 3 heterocycles. The predicted octanol–water partition coefficient (Wildman–Crippen LogP) is 1.33. The fourth-order valence-corrected chi connectivity index (χ4v) is 3.68. The maximum atomic E-state index is 13.0. The molecule has 0 saturated carbocycles. The van der Waals surface area contributed by atoms with Crippen molar-refractivity contribution in [2.75, 3.05) is 48.9 Å². The molecular weight excluding hydrogens is 414 g/mol. The summed E-state index contributed by atoms with van der Waals surface area (Å²) < 4.78 is 10.5. The van der Waals surface area contributed by atoms with Crippen LogP contribution in [-0.4, -0.2) is 55.2 Å². The van der Waals surface area contributed by atoms with Gasteiger partial charge in [0.1, 0.15) is 11.6 Å². The Balaban J connectivity index is 1.66. The Morgan fingerprint density at radius 3 is 2.83 bits per heavy atom. The van der Waals surface area contributed by atoms with Gasteiger partial charge in [-0.3, -0.25) is 19.4 Å². The zero-order chi connectivity index (χ0) is 21.3. The number of carbonyl (C=O) groups excluding carboxylic acids is 2. The zero-order valence-electron chi connectivity index (χ0n) is 16.2. The average molecular weight is 434 g/mol. The van der Waals surface area contributed by atoms with E-state index in [1.807, 2.05) is 4.90 Å². The van der Waals surface area contributed by atoms with E-state index in [4.69, 9.17) is 21.1 Å². The number of anilines is 3. The molecule has 0 aliphatic carbocycles. The number of ether oxygens (including phenoxy) is 2. The highest BCUT2D eigenvalue weighted by Gasteiger charge is 2.35. The maximum absolute atomic E-state index is 13.0. The summed E-state index contributed by atoms with van der Waals surface area (Å²) in [7, 11) is 1.46. The molecule has 2 amide bonds. The van der Waals surface area contributed by atoms with Crippen molar-refractivity contribution in [3.63, 3.8) is 0 Å². The van der Waals surface area contributed by atoms with Crippen molar-refractivity contribution in [3.8, 4) is 5.75 Å². The van der Waals surface area contributed by atoms with E-state index in [-0.39, 0.29) is 17.8 Å². The lowest BCUT2D eigenvalue weighted by atomic mass is 9.92. The first kappa shape index (κ1) is 20.2. The SMILES string of the molecule is COc1ccc(Cl)cc1NC(=O)[C@@H]1CC(=O)Nc2nc(N3CCOCC3)[nH]c(=O)c21. The summed E-state index contributed by atoms with van der Waals surface area (Å²) in [6.45, 7) is 2.15. The van der Waals surface area contributed by atoms with Crippen molar-refractivity contribution in [1.29, 1.82) is 0 Å². The van der Waals surface area contributed by atoms with Crippen LogP contribution in [0.3, 0.4) is 0 Å². The second-order valence-electron chi connectivity index (χ2n) is 6.89. The predicted molar refractivity (Wildman–Crippen MR) is 111 cm³/mol. The first-order valence-electron chi connectivity index (χ1n) is 9.37. The number of carbonyl (C=O) groups is 2. The van der Waals surface area contributed by atoms with Crippen LogP contribution in [0.1, 0.15) is 17.9 Å². The monoisotopic (exact) mass is 433 g/mol. The Morgan fingerprint density at radius 1 is 1.33 bits per heavy atom. The van der Waals surface area contributed by atoms with Crippen LogP contribution in [0.25, 0.3) is 0 Å². The smallest absolute Gasteiger partial charge is 0.258 e. The molecule has 10 nitrogen and oxygen atoms in total. The van der Waals surface area contributed by atoms with Crippen LogP contribution in [0.2, 0.25) is 5.02 Å². The average Bonchev–Trinajstić information content (AvgIpc) is 2.73. The number of rotatable bonds is 4. The topological polar surface area (TPSA) is 126 Å². The molecule has 1 aromatic heterocycles. The number of hydrogen-bond acceptors (Lipinski definition) is 7. The first-order chi connectivity index (χ1) is 14.5. The molecule has 1 saturated heterocycles. The number of hydrogen-bond donors (Lipinski definition) is 3. The Labute approximate surface area is 176 Å². The highest BCUT2D eigenvalue weighted by Crippen LogP contribution is 2.33. The van der Waals surface area contributed by atoms with Gasteiger partial charge in [0.25, 0.3) is 5.56 Å². The van der Waals surface area contributed by atoms with Crippen LogP contribution in [0.15, 0.2) is 23.0 Å². The number of nitrogens with zero attached hydrogens (tertiary/aromatic N) is 2. The van der Waals surface area contributed by atoms with E-state index in [2.05, 4.69) is 20.6 Å². The molecular formula is C19H20ClN5O5. The molecule has 2 aliphatic rings. The van der Waals surface area contributed by atoms with Crippen molar-refractivity contribution >= 4 is 40.9 Å². The highest BCUT2D eigenvalue weighted by atomic mass is 35.5. The molecule has 11 heteroatoms. The van der Waals surface area contributed by atoms with Gasteiger partial charge < -0.3 is 25.0 Å². The first-order valence-corrected chi connectivity index (χ1v) is 9.75. The Bertz CT molecular complexity index is 1050. The molecule has 2 aliphatic heterocycles. The normalized spacial score (nSPS) is 18.4. The Morgan fingerprint density at radius 2 is 2.10 bits per heavy atom. The lowest BCUT2D eigenvalue weighted by Gasteiger charge is -2.29. The van der Waals surface area contributed by atoms with E-state index < -0.39 is 23.3 Å². The van der Waals surface area contributed by atoms with E-state index in [0.29, 0.717) is 48.7 Å². The molecule has 1 atom stereocenters. The van der Waals surface area contributed by atoms with Crippen LogP contribution in [0.4, 0.5) is 17.5 Å². The number of halogens is 1. The second-order valence-corrected chi connectivity index (χ2v) is 7.33. The van der Waals surface area contributed by atoms with Gasteiger partial charge in [0.2, 0.25) is 17.8 Å². The van der Waals surface area contributed by atoms with Gasteiger partial charge in [0.15, 0.2) is 0 Å². The van der Waals surface area contributed by atoms with Crippen LogP contribution < -0.4 is 25.8 Å². The van der Waals surface area contributed by atoms with Gasteiger partial charge in [0, 0.05) is 24.5 Å². The van der Waals surface area contributed by atoms with Gasteiger partial charge >= 0.3 is 0 Å². The third-order valence-corrected chi connectivity index (χ3v) is 5.22. The zero-order valence-corrected chi connectivity index (χ0v) is 16.9. The molecule has 1 aromatic carbocycles. The van der Waals surface area contributed by atoms with Crippen molar-refractivity contribution in [1.82, 2.24) is 9.97 Å². The molecule has 0 unspecified atom stereocenters. The largest absolute Gasteiger partial charge is 0.495 e. The number of methoxy groups -OCH3 is 1. The lowest BCUT2D eigenvalue weighted by molar-refractivity contribution is -0.123. The molecule has 30 heavy (non-hydrogen) atoms. The molecule has 4 rings (SSSR count). The van der Waals surface area contributed by atoms with E-state index in [1.165, 1.54) is 13.2 Å². The quantitative estimate of drug-likeness (QED) is 0.664. The molecule has 3 N–H and O–H groups in total. The van der Waals surface area contributed by atoms with Gasteiger partial charge in [-0.1, -0.05) is 11.6 Å². The number of aromatic amines is 1. The number of aromatic nitrogens is 2. The summed E-state index contributed by atoms with van der Waals surface area (Å²) in [6, 6.07) is 4.77. The summed E-state index contributed by atoms with van der Waals surface area (Å²) >= 11 is 6.01. The number of amides is 2. The summed E-state index contributed by atoms with van der Waals surface area (Å²) in [5.74, 6) is -1.10. The van der Waals surface area contributed by atoms with E-state index in [1.54, 1.807) is 12.1 Å². The number of fused-ring (bicyclic) bond motifs is 1. The van der Waals surface area contributed by atoms with Gasteiger partial charge in [-0.25, -0.2) is 0 Å². The minimum atomic E-state index is -1.01. The number of benzene rings is 1. The highest BCUT2D eigenvalue weighted by molar-refractivity contribution is 6.31. The van der Waals surface area contributed by atoms with Gasteiger partial charge in [-0.15, -0.1) is 0 Å². The van der Waals surface area contributed by atoms with E-state index in [9.17, 15) is 14.4 Å². The fraction of sp³-hybridized carbons (Fsp3) is 0.368. The van der Waals surface area contributed by atoms with Crippen LogP contribution >= 0.6 is 11.6 Å². The molecule has 0 bridgehead atoms. The van der Waals surface area contributed by atoms with Crippen molar-refractivity contribution < 1.29 is 19.1 Å². The van der Waals surface area contributed by atoms with Crippen LogP contribution in [0.5, 0.6) is 5.75 Å². The summed E-state index contributed by atoms with van der Waals surface area (Å²) in [6.07, 6.45) is -0.177. The van der Waals surface area contributed by atoms with Crippen molar-refractivity contribution in [3.05, 3.63) is 39.1 Å². The maximum Gasteiger partial charge on any atom is 0.258 e. The molecule has 158 valence electrons. The molecule has 1 fully saturated rings. The standard InChI is InChI=1S/C19H20ClN5O5/c1-29-13-3-2-10(20)8-12(13)21-17(27)11-9-14(26)22-16-15(11)18(28)24-19(23-16)25-4-6-30-7-5-25/h2-3,8,11H,4-7,9H2,1H3,(H,21,27)(H2,22,23,24,26,28)/t11-/m1/s1. The molecule has 0 radical (unpaired) electrons. The third kappa shape index (κ3) is 3.96. The van der Waals surface area contributed by atoms with Crippen molar-refractivity contribution in [2.24, 2.45) is 0 Å². The lowest BCUT2D eigenvalue weighted by Crippen LogP contribution is -2.41. The second kappa shape index (κ2) is 8.33. The molecule has 0 spiro atoms. The summed E-state index contributed by atoms with van der Waals surface area (Å²) in [4.78, 5) is 47.1. The number of H-pyrrole nitrogens is 1. The van der Waals surface area contributed by atoms with Gasteiger partial charge in [-0.05, 0) is 18.2 Å². The third-order valence-electron chi connectivity index (χ3n) is 4.99. The van der Waals surface area contributed by atoms with Crippen molar-refractivity contribution in [2.45, 2.75) is 12.3 Å². The minimum absolute atomic E-state index is 0.0923. The van der Waals surface area contributed by atoms with Crippen LogP contribution in [0, 0.1) is 0 Å². The van der Waals surface area contributed by atoms with Gasteiger partial charge in [-0.2, -0.15) is 4.98 Å². The Kier molecular flexibility index (Phi) is 5.60. The van der Waals surface area contributed by atoms with E-state index >= 15 is 0 Å². The fourth-order valence-electron chi connectivity index (χ4n) is 3.51. The summed E-state index contributed by atoms with van der Waals surface area (Å²) in [5, 5.41) is 5.71. The minimum Gasteiger partial charge on any atom is -0.495 e. The van der Waals surface area contributed by atoms with E-state index in [0.717, 1.165) is 0 Å². The summed E-state index contributed by atoms with van der Waals surface area (Å²) in [5.41, 5.74) is -0.0124.